The van der Waals surface area contributed by atoms with Crippen LogP contribution < -0.4 is 5.32 Å². The number of carbonyl (C=O) groups excluding carboxylic acids is 1. The van der Waals surface area contributed by atoms with E-state index in [9.17, 15) is 4.79 Å². The van der Waals surface area contributed by atoms with Gasteiger partial charge in [0, 0.05) is 22.2 Å². The van der Waals surface area contributed by atoms with Gasteiger partial charge in [-0.25, -0.2) is 4.79 Å². The summed E-state index contributed by atoms with van der Waals surface area (Å²) in [6.45, 7) is 0. The fourth-order valence-electron chi connectivity index (χ4n) is 2.16. The molecule has 0 saturated heterocycles. The molecule has 1 aromatic carbocycles. The van der Waals surface area contributed by atoms with Gasteiger partial charge in [0.1, 0.15) is 6.04 Å². The molecule has 0 saturated carbocycles. The predicted octanol–water partition coefficient (Wildman–Crippen LogP) is 2.41. The maximum Gasteiger partial charge on any atom is 0.328 e. The number of ether oxygens (including phenoxy) is 1. The molecule has 0 amide bonds. The zero-order valence-corrected chi connectivity index (χ0v) is 9.64. The number of carbonyl (C=O) groups is 1. The van der Waals surface area contributed by atoms with E-state index in [1.165, 1.54) is 22.8 Å². The van der Waals surface area contributed by atoms with Crippen molar-refractivity contribution >= 4 is 33.1 Å². The van der Waals surface area contributed by atoms with E-state index in [-0.39, 0.29) is 12.0 Å². The highest BCUT2D eigenvalue weighted by Crippen LogP contribution is 2.36. The smallest absolute Gasteiger partial charge is 0.328 e. The van der Waals surface area contributed by atoms with Crippen molar-refractivity contribution in [1.82, 2.24) is 0 Å². The van der Waals surface area contributed by atoms with Crippen LogP contribution in [0.3, 0.4) is 0 Å². The normalized spacial score (nSPS) is 18.2. The SMILES string of the molecule is COC(=O)C1Cc2ccc3sccc3c2N1. The van der Waals surface area contributed by atoms with Gasteiger partial charge in [-0.05, 0) is 23.1 Å². The van der Waals surface area contributed by atoms with E-state index < -0.39 is 0 Å². The quantitative estimate of drug-likeness (QED) is 0.769. The minimum Gasteiger partial charge on any atom is -0.467 e. The first-order chi connectivity index (χ1) is 7.79. The third-order valence-electron chi connectivity index (χ3n) is 2.95. The zero-order valence-electron chi connectivity index (χ0n) is 8.82. The Morgan fingerprint density at radius 2 is 2.38 bits per heavy atom. The summed E-state index contributed by atoms with van der Waals surface area (Å²) < 4.78 is 6.01. The van der Waals surface area contributed by atoms with Crippen LogP contribution in [0.5, 0.6) is 0 Å². The van der Waals surface area contributed by atoms with E-state index in [2.05, 4.69) is 28.9 Å². The molecule has 2 aromatic rings. The van der Waals surface area contributed by atoms with Gasteiger partial charge in [0.05, 0.1) is 7.11 Å². The second kappa shape index (κ2) is 3.49. The van der Waals surface area contributed by atoms with Gasteiger partial charge < -0.3 is 10.1 Å². The molecule has 4 heteroatoms. The summed E-state index contributed by atoms with van der Waals surface area (Å²) in [7, 11) is 1.42. The molecular formula is C12H11NO2S. The third kappa shape index (κ3) is 1.30. The standard InChI is InChI=1S/C12H11NO2S/c1-15-12(14)9-6-7-2-3-10-8(4-5-16-10)11(7)13-9/h2-5,9,13H,6H2,1H3. The Bertz CT molecular complexity index is 561. The van der Waals surface area contributed by atoms with Gasteiger partial charge in [0.25, 0.3) is 0 Å². The van der Waals surface area contributed by atoms with E-state index in [0.717, 1.165) is 5.69 Å². The van der Waals surface area contributed by atoms with Crippen LogP contribution >= 0.6 is 11.3 Å². The van der Waals surface area contributed by atoms with Gasteiger partial charge in [-0.15, -0.1) is 11.3 Å². The second-order valence-corrected chi connectivity index (χ2v) is 4.80. The predicted molar refractivity (Wildman–Crippen MR) is 65.0 cm³/mol. The fourth-order valence-corrected chi connectivity index (χ4v) is 2.95. The molecule has 1 aliphatic heterocycles. The minimum absolute atomic E-state index is 0.195. The lowest BCUT2D eigenvalue weighted by atomic mass is 10.1. The molecule has 1 N–H and O–H groups in total. The van der Waals surface area contributed by atoms with Crippen molar-refractivity contribution in [2.75, 3.05) is 12.4 Å². The topological polar surface area (TPSA) is 38.3 Å². The van der Waals surface area contributed by atoms with Crippen molar-refractivity contribution in [2.24, 2.45) is 0 Å². The Hall–Kier alpha value is -1.55. The number of benzene rings is 1. The molecule has 0 spiro atoms. The summed E-state index contributed by atoms with van der Waals surface area (Å²) in [4.78, 5) is 11.5. The first-order valence-electron chi connectivity index (χ1n) is 5.13. The number of esters is 1. The van der Waals surface area contributed by atoms with Crippen LogP contribution in [-0.2, 0) is 16.0 Å². The molecule has 3 rings (SSSR count). The monoisotopic (exact) mass is 233 g/mol. The number of rotatable bonds is 1. The average Bonchev–Trinajstić information content (AvgIpc) is 2.92. The van der Waals surface area contributed by atoms with Crippen molar-refractivity contribution in [2.45, 2.75) is 12.5 Å². The molecule has 1 aromatic heterocycles. The third-order valence-corrected chi connectivity index (χ3v) is 3.83. The minimum atomic E-state index is -0.231. The summed E-state index contributed by atoms with van der Waals surface area (Å²) in [6, 6.07) is 6.06. The highest BCUT2D eigenvalue weighted by molar-refractivity contribution is 7.17. The van der Waals surface area contributed by atoms with Crippen LogP contribution in [0.2, 0.25) is 0 Å². The molecule has 3 nitrogen and oxygen atoms in total. The first kappa shape index (κ1) is 9.66. The summed E-state index contributed by atoms with van der Waals surface area (Å²) in [5.74, 6) is -0.195. The van der Waals surface area contributed by atoms with Crippen molar-refractivity contribution < 1.29 is 9.53 Å². The van der Waals surface area contributed by atoms with Crippen LogP contribution in [0.4, 0.5) is 5.69 Å². The molecule has 0 fully saturated rings. The molecule has 82 valence electrons. The highest BCUT2D eigenvalue weighted by Gasteiger charge is 2.28. The lowest BCUT2D eigenvalue weighted by Gasteiger charge is -2.07. The van der Waals surface area contributed by atoms with E-state index in [1.807, 2.05) is 0 Å². The number of hydrogen-bond donors (Lipinski definition) is 1. The molecule has 16 heavy (non-hydrogen) atoms. The van der Waals surface area contributed by atoms with Gasteiger partial charge in [-0.2, -0.15) is 0 Å². The molecule has 0 radical (unpaired) electrons. The summed E-state index contributed by atoms with van der Waals surface area (Å²) in [5.41, 5.74) is 2.29. The molecular weight excluding hydrogens is 222 g/mol. The largest absolute Gasteiger partial charge is 0.467 e. The molecule has 1 aliphatic rings. The maximum atomic E-state index is 11.5. The van der Waals surface area contributed by atoms with Gasteiger partial charge in [-0.3, -0.25) is 0 Å². The number of hydrogen-bond acceptors (Lipinski definition) is 4. The lowest BCUT2D eigenvalue weighted by Crippen LogP contribution is -2.27. The van der Waals surface area contributed by atoms with Crippen molar-refractivity contribution in [1.29, 1.82) is 0 Å². The summed E-state index contributed by atoms with van der Waals surface area (Å²) in [6.07, 6.45) is 0.716. The fraction of sp³-hybridized carbons (Fsp3) is 0.250. The number of thiophene rings is 1. The Labute approximate surface area is 97.0 Å². The molecule has 0 aliphatic carbocycles. The number of anilines is 1. The Kier molecular flexibility index (Phi) is 2.11. The average molecular weight is 233 g/mol. The Morgan fingerprint density at radius 1 is 1.50 bits per heavy atom. The van der Waals surface area contributed by atoms with E-state index >= 15 is 0 Å². The Balaban J connectivity index is 2.05. The van der Waals surface area contributed by atoms with Gasteiger partial charge >= 0.3 is 5.97 Å². The van der Waals surface area contributed by atoms with Crippen LogP contribution in [0, 0.1) is 0 Å². The Morgan fingerprint density at radius 3 is 3.19 bits per heavy atom. The van der Waals surface area contributed by atoms with Crippen LogP contribution in [0.15, 0.2) is 23.6 Å². The molecule has 1 unspecified atom stereocenters. The summed E-state index contributed by atoms with van der Waals surface area (Å²) in [5, 5.41) is 6.52. The van der Waals surface area contributed by atoms with E-state index in [0.29, 0.717) is 6.42 Å². The number of fused-ring (bicyclic) bond motifs is 3. The van der Waals surface area contributed by atoms with E-state index in [1.54, 1.807) is 11.3 Å². The van der Waals surface area contributed by atoms with Gasteiger partial charge in [0.2, 0.25) is 0 Å². The highest BCUT2D eigenvalue weighted by atomic mass is 32.1. The van der Waals surface area contributed by atoms with Crippen LogP contribution in [0.1, 0.15) is 5.56 Å². The lowest BCUT2D eigenvalue weighted by molar-refractivity contribution is -0.141. The van der Waals surface area contributed by atoms with Crippen molar-refractivity contribution in [3.8, 4) is 0 Å². The molecule has 1 atom stereocenters. The summed E-state index contributed by atoms with van der Waals surface area (Å²) >= 11 is 1.71. The van der Waals surface area contributed by atoms with Gasteiger partial charge in [0.15, 0.2) is 0 Å². The molecule has 2 heterocycles. The maximum absolute atomic E-state index is 11.5. The zero-order chi connectivity index (χ0) is 11.1. The second-order valence-electron chi connectivity index (χ2n) is 3.86. The van der Waals surface area contributed by atoms with Crippen LogP contribution in [0.25, 0.3) is 10.1 Å². The number of methoxy groups -OCH3 is 1. The van der Waals surface area contributed by atoms with Crippen molar-refractivity contribution in [3.63, 3.8) is 0 Å². The van der Waals surface area contributed by atoms with Gasteiger partial charge in [-0.1, -0.05) is 6.07 Å². The van der Waals surface area contributed by atoms with Crippen molar-refractivity contribution in [3.05, 3.63) is 29.1 Å². The molecule has 0 bridgehead atoms. The first-order valence-corrected chi connectivity index (χ1v) is 6.01. The van der Waals surface area contributed by atoms with E-state index in [4.69, 9.17) is 4.74 Å². The van der Waals surface area contributed by atoms with Crippen LogP contribution in [-0.4, -0.2) is 19.1 Å². The number of nitrogens with one attached hydrogen (secondary N) is 1.